The van der Waals surface area contributed by atoms with Crippen molar-refractivity contribution < 1.29 is 9.53 Å². The molecule has 0 radical (unpaired) electrons. The summed E-state index contributed by atoms with van der Waals surface area (Å²) < 4.78 is 5.52. The molecule has 4 heteroatoms. The van der Waals surface area contributed by atoms with Crippen molar-refractivity contribution in [2.45, 2.75) is 20.3 Å². The van der Waals surface area contributed by atoms with Crippen LogP contribution in [-0.4, -0.2) is 29.4 Å². The SMILES string of the molecule is CCSCCCOc1ccc(C)nc1C=O. The van der Waals surface area contributed by atoms with Crippen LogP contribution in [0.3, 0.4) is 0 Å². The Hall–Kier alpha value is -1.03. The molecule has 1 aromatic heterocycles. The highest BCUT2D eigenvalue weighted by Gasteiger charge is 2.04. The van der Waals surface area contributed by atoms with Crippen LogP contribution in [0.5, 0.6) is 5.75 Å². The molecule has 0 N–H and O–H groups in total. The van der Waals surface area contributed by atoms with Crippen molar-refractivity contribution in [2.75, 3.05) is 18.1 Å². The van der Waals surface area contributed by atoms with Gasteiger partial charge in [0.25, 0.3) is 0 Å². The van der Waals surface area contributed by atoms with Crippen LogP contribution < -0.4 is 4.74 Å². The van der Waals surface area contributed by atoms with Crippen molar-refractivity contribution in [3.8, 4) is 5.75 Å². The summed E-state index contributed by atoms with van der Waals surface area (Å²) in [5.74, 6) is 2.81. The second-order valence-electron chi connectivity index (χ2n) is 3.35. The van der Waals surface area contributed by atoms with Crippen LogP contribution in [0.25, 0.3) is 0 Å². The van der Waals surface area contributed by atoms with Crippen molar-refractivity contribution in [1.82, 2.24) is 4.98 Å². The lowest BCUT2D eigenvalue weighted by Gasteiger charge is -2.07. The molecule has 0 fully saturated rings. The summed E-state index contributed by atoms with van der Waals surface area (Å²) in [6, 6.07) is 3.65. The number of thioether (sulfide) groups is 1. The van der Waals surface area contributed by atoms with Gasteiger partial charge in [-0.05, 0) is 37.0 Å². The standard InChI is InChI=1S/C12H17NO2S/c1-3-16-8-4-7-15-12-6-5-10(2)13-11(12)9-14/h5-6,9H,3-4,7-8H2,1-2H3. The lowest BCUT2D eigenvalue weighted by Crippen LogP contribution is -2.03. The van der Waals surface area contributed by atoms with E-state index in [0.717, 1.165) is 29.9 Å². The van der Waals surface area contributed by atoms with Gasteiger partial charge in [-0.15, -0.1) is 0 Å². The van der Waals surface area contributed by atoms with E-state index in [-0.39, 0.29) is 0 Å². The quantitative estimate of drug-likeness (QED) is 0.542. The van der Waals surface area contributed by atoms with Crippen molar-refractivity contribution in [2.24, 2.45) is 0 Å². The maximum atomic E-state index is 10.8. The topological polar surface area (TPSA) is 39.2 Å². The number of hydrogen-bond acceptors (Lipinski definition) is 4. The van der Waals surface area contributed by atoms with Crippen LogP contribution in [0.1, 0.15) is 29.5 Å². The fraction of sp³-hybridized carbons (Fsp3) is 0.500. The molecule has 0 amide bonds. The van der Waals surface area contributed by atoms with Crippen LogP contribution in [-0.2, 0) is 0 Å². The van der Waals surface area contributed by atoms with E-state index in [9.17, 15) is 4.79 Å². The molecule has 0 aliphatic rings. The van der Waals surface area contributed by atoms with Crippen LogP contribution in [0.15, 0.2) is 12.1 Å². The van der Waals surface area contributed by atoms with E-state index in [4.69, 9.17) is 4.74 Å². The van der Waals surface area contributed by atoms with Crippen molar-refractivity contribution >= 4 is 18.0 Å². The van der Waals surface area contributed by atoms with Gasteiger partial charge in [0, 0.05) is 5.69 Å². The summed E-state index contributed by atoms with van der Waals surface area (Å²) in [6.45, 7) is 4.63. The Morgan fingerprint density at radius 2 is 2.31 bits per heavy atom. The van der Waals surface area contributed by atoms with Gasteiger partial charge in [0.2, 0.25) is 0 Å². The van der Waals surface area contributed by atoms with Gasteiger partial charge in [0.05, 0.1) is 6.61 Å². The minimum Gasteiger partial charge on any atom is -0.491 e. The van der Waals surface area contributed by atoms with Gasteiger partial charge < -0.3 is 4.74 Å². The highest BCUT2D eigenvalue weighted by Crippen LogP contribution is 2.15. The summed E-state index contributed by atoms with van der Waals surface area (Å²) in [4.78, 5) is 14.9. The number of aryl methyl sites for hydroxylation is 1. The summed E-state index contributed by atoms with van der Waals surface area (Å²) >= 11 is 1.89. The van der Waals surface area contributed by atoms with Crippen LogP contribution in [0.4, 0.5) is 0 Å². The van der Waals surface area contributed by atoms with Gasteiger partial charge >= 0.3 is 0 Å². The molecule has 16 heavy (non-hydrogen) atoms. The first-order valence-electron chi connectivity index (χ1n) is 5.41. The highest BCUT2D eigenvalue weighted by molar-refractivity contribution is 7.99. The Morgan fingerprint density at radius 1 is 1.50 bits per heavy atom. The summed E-state index contributed by atoms with van der Waals surface area (Å²) in [7, 11) is 0. The molecule has 3 nitrogen and oxygen atoms in total. The van der Waals surface area contributed by atoms with E-state index >= 15 is 0 Å². The van der Waals surface area contributed by atoms with E-state index in [1.165, 1.54) is 0 Å². The molecule has 0 spiro atoms. The fourth-order valence-electron chi connectivity index (χ4n) is 1.26. The number of ether oxygens (including phenoxy) is 1. The van der Waals surface area contributed by atoms with E-state index in [1.807, 2.05) is 24.8 Å². The van der Waals surface area contributed by atoms with Crippen LogP contribution >= 0.6 is 11.8 Å². The lowest BCUT2D eigenvalue weighted by molar-refractivity contribution is 0.111. The summed E-state index contributed by atoms with van der Waals surface area (Å²) in [5.41, 5.74) is 1.22. The van der Waals surface area contributed by atoms with E-state index in [2.05, 4.69) is 11.9 Å². The third kappa shape index (κ3) is 4.23. The molecule has 1 aromatic rings. The molecule has 0 aliphatic carbocycles. The predicted octanol–water partition coefficient (Wildman–Crippen LogP) is 2.72. The molecule has 0 atom stereocenters. The zero-order valence-electron chi connectivity index (χ0n) is 9.73. The third-order valence-electron chi connectivity index (χ3n) is 2.03. The molecule has 0 aliphatic heterocycles. The van der Waals surface area contributed by atoms with E-state index < -0.39 is 0 Å². The fourth-order valence-corrected chi connectivity index (χ4v) is 1.87. The number of aromatic nitrogens is 1. The minimum atomic E-state index is 0.392. The maximum Gasteiger partial charge on any atom is 0.172 e. The van der Waals surface area contributed by atoms with Crippen molar-refractivity contribution in [3.05, 3.63) is 23.5 Å². The molecule has 0 saturated carbocycles. The smallest absolute Gasteiger partial charge is 0.172 e. The average molecular weight is 239 g/mol. The Balaban J connectivity index is 2.44. The minimum absolute atomic E-state index is 0.392. The predicted molar refractivity (Wildman–Crippen MR) is 67.5 cm³/mol. The number of nitrogens with zero attached hydrogens (tertiary/aromatic N) is 1. The largest absolute Gasteiger partial charge is 0.491 e. The zero-order valence-corrected chi connectivity index (χ0v) is 10.5. The maximum absolute atomic E-state index is 10.8. The van der Waals surface area contributed by atoms with Crippen molar-refractivity contribution in [1.29, 1.82) is 0 Å². The summed E-state index contributed by atoms with van der Waals surface area (Å²) in [6.07, 6.45) is 1.73. The third-order valence-corrected chi connectivity index (χ3v) is 3.02. The monoisotopic (exact) mass is 239 g/mol. The molecular weight excluding hydrogens is 222 g/mol. The molecule has 0 aromatic carbocycles. The lowest BCUT2D eigenvalue weighted by atomic mass is 10.3. The molecule has 0 unspecified atom stereocenters. The Bertz CT molecular complexity index is 342. The highest BCUT2D eigenvalue weighted by atomic mass is 32.2. The number of carbonyl (C=O) groups is 1. The number of pyridine rings is 1. The number of hydrogen-bond donors (Lipinski definition) is 0. The molecular formula is C12H17NO2S. The van der Waals surface area contributed by atoms with Gasteiger partial charge in [0.1, 0.15) is 11.4 Å². The number of carbonyl (C=O) groups excluding carboxylic acids is 1. The van der Waals surface area contributed by atoms with Crippen LogP contribution in [0, 0.1) is 6.92 Å². The molecule has 1 heterocycles. The first-order chi connectivity index (χ1) is 7.77. The van der Waals surface area contributed by atoms with Gasteiger partial charge in [0.15, 0.2) is 6.29 Å². The first kappa shape index (κ1) is 13.0. The second-order valence-corrected chi connectivity index (χ2v) is 4.75. The zero-order chi connectivity index (χ0) is 11.8. The van der Waals surface area contributed by atoms with Gasteiger partial charge in [-0.2, -0.15) is 11.8 Å². The first-order valence-corrected chi connectivity index (χ1v) is 6.56. The average Bonchev–Trinajstić information content (AvgIpc) is 2.30. The van der Waals surface area contributed by atoms with Gasteiger partial charge in [-0.3, -0.25) is 4.79 Å². The molecule has 0 saturated heterocycles. The number of aldehydes is 1. The summed E-state index contributed by atoms with van der Waals surface area (Å²) in [5, 5.41) is 0. The van der Waals surface area contributed by atoms with Gasteiger partial charge in [-0.25, -0.2) is 4.98 Å². The molecule has 88 valence electrons. The molecule has 1 rings (SSSR count). The Labute approximate surface area is 101 Å². The van der Waals surface area contributed by atoms with Gasteiger partial charge in [-0.1, -0.05) is 6.92 Å². The Kier molecular flexibility index (Phi) is 5.93. The van der Waals surface area contributed by atoms with E-state index in [1.54, 1.807) is 6.07 Å². The second kappa shape index (κ2) is 7.28. The van der Waals surface area contributed by atoms with Crippen LogP contribution in [0.2, 0.25) is 0 Å². The Morgan fingerprint density at radius 3 is 3.00 bits per heavy atom. The van der Waals surface area contributed by atoms with Crippen molar-refractivity contribution in [3.63, 3.8) is 0 Å². The normalized spacial score (nSPS) is 10.1. The molecule has 0 bridgehead atoms. The van der Waals surface area contributed by atoms with E-state index in [0.29, 0.717) is 18.1 Å². The number of rotatable bonds is 7.